The summed E-state index contributed by atoms with van der Waals surface area (Å²) >= 11 is 0. The zero-order chi connectivity index (χ0) is 12.7. The molecule has 0 aliphatic carbocycles. The van der Waals surface area contributed by atoms with Crippen LogP contribution < -0.4 is 10.1 Å². The van der Waals surface area contributed by atoms with E-state index in [1.54, 1.807) is 30.4 Å². The molecule has 0 saturated carbocycles. The van der Waals surface area contributed by atoms with Crippen LogP contribution in [0.2, 0.25) is 0 Å². The molecule has 0 bridgehead atoms. The number of para-hydroxylation sites is 1. The quantitative estimate of drug-likeness (QED) is 0.468. The molecule has 0 atom stereocenters. The molecule has 90 valence electrons. The van der Waals surface area contributed by atoms with Gasteiger partial charge in [-0.3, -0.25) is 10.1 Å². The van der Waals surface area contributed by atoms with Gasteiger partial charge < -0.3 is 9.47 Å². The van der Waals surface area contributed by atoms with Gasteiger partial charge >= 0.3 is 18.0 Å². The molecular formula is C11H11NO5. The fraction of sp³-hybridized carbons (Fsp3) is 0.182. The van der Waals surface area contributed by atoms with Crippen molar-refractivity contribution in [3.8, 4) is 5.75 Å². The minimum absolute atomic E-state index is 0.104. The van der Waals surface area contributed by atoms with Gasteiger partial charge in [0.25, 0.3) is 0 Å². The molecule has 0 heterocycles. The summed E-state index contributed by atoms with van der Waals surface area (Å²) < 4.78 is 9.13. The zero-order valence-electron chi connectivity index (χ0n) is 9.14. The lowest BCUT2D eigenvalue weighted by Crippen LogP contribution is -2.38. The molecule has 0 radical (unpaired) electrons. The molecule has 0 fully saturated rings. The van der Waals surface area contributed by atoms with Crippen molar-refractivity contribution in [2.45, 2.75) is 6.92 Å². The number of esters is 1. The van der Waals surface area contributed by atoms with Gasteiger partial charge in [-0.15, -0.1) is 0 Å². The van der Waals surface area contributed by atoms with Crippen LogP contribution in [-0.4, -0.2) is 24.6 Å². The fourth-order valence-electron chi connectivity index (χ4n) is 0.953. The highest BCUT2D eigenvalue weighted by Crippen LogP contribution is 2.08. The van der Waals surface area contributed by atoms with E-state index >= 15 is 0 Å². The lowest BCUT2D eigenvalue weighted by molar-refractivity contribution is -0.147. The van der Waals surface area contributed by atoms with E-state index in [0.29, 0.717) is 0 Å². The number of carbonyl (C=O) groups excluding carboxylic acids is 3. The number of amides is 2. The second-order valence-corrected chi connectivity index (χ2v) is 2.88. The van der Waals surface area contributed by atoms with Crippen molar-refractivity contribution in [1.29, 1.82) is 0 Å². The van der Waals surface area contributed by atoms with E-state index in [4.69, 9.17) is 4.74 Å². The Kier molecular flexibility index (Phi) is 4.68. The molecule has 0 unspecified atom stereocenters. The van der Waals surface area contributed by atoms with Crippen molar-refractivity contribution in [2.75, 3.05) is 6.61 Å². The molecule has 2 amide bonds. The Bertz CT molecular complexity index is 415. The summed E-state index contributed by atoms with van der Waals surface area (Å²) in [6.07, 6.45) is -0.984. The van der Waals surface area contributed by atoms with Crippen LogP contribution in [0.4, 0.5) is 4.79 Å². The topological polar surface area (TPSA) is 81.7 Å². The molecule has 0 aromatic heterocycles. The van der Waals surface area contributed by atoms with Gasteiger partial charge in [-0.2, -0.15) is 0 Å². The number of ether oxygens (including phenoxy) is 2. The van der Waals surface area contributed by atoms with Crippen molar-refractivity contribution >= 4 is 18.0 Å². The summed E-state index contributed by atoms with van der Waals surface area (Å²) in [4.78, 5) is 33.2. The van der Waals surface area contributed by atoms with Gasteiger partial charge in [0, 0.05) is 0 Å². The third-order valence-corrected chi connectivity index (χ3v) is 1.63. The molecule has 1 rings (SSSR count). The Morgan fingerprint density at radius 1 is 1.18 bits per heavy atom. The van der Waals surface area contributed by atoms with Gasteiger partial charge in [0.15, 0.2) is 0 Å². The lowest BCUT2D eigenvalue weighted by Gasteiger charge is -2.04. The first kappa shape index (κ1) is 12.7. The molecule has 1 aromatic carbocycles. The third-order valence-electron chi connectivity index (χ3n) is 1.63. The Balaban J connectivity index is 2.48. The number of benzene rings is 1. The highest BCUT2D eigenvalue weighted by Gasteiger charge is 2.19. The van der Waals surface area contributed by atoms with Gasteiger partial charge in [0.05, 0.1) is 6.61 Å². The van der Waals surface area contributed by atoms with Gasteiger partial charge in [-0.05, 0) is 19.1 Å². The van der Waals surface area contributed by atoms with Crippen LogP contribution in [-0.2, 0) is 14.3 Å². The number of rotatable bonds is 2. The SMILES string of the molecule is CCOC(=O)NC(=O)C(=O)Oc1ccccc1. The van der Waals surface area contributed by atoms with Crippen molar-refractivity contribution in [3.05, 3.63) is 30.3 Å². The largest absolute Gasteiger partial charge is 0.450 e. The van der Waals surface area contributed by atoms with Crippen LogP contribution in [0.1, 0.15) is 6.92 Å². The number of alkyl carbamates (subject to hydrolysis) is 1. The maximum absolute atomic E-state index is 11.2. The zero-order valence-corrected chi connectivity index (χ0v) is 9.14. The predicted octanol–water partition coefficient (Wildman–Crippen LogP) is 0.865. The van der Waals surface area contributed by atoms with Crippen LogP contribution in [0.5, 0.6) is 5.75 Å². The van der Waals surface area contributed by atoms with Crippen LogP contribution in [0, 0.1) is 0 Å². The highest BCUT2D eigenvalue weighted by molar-refractivity contribution is 6.35. The summed E-state index contributed by atoms with van der Waals surface area (Å²) in [5.74, 6) is -2.13. The lowest BCUT2D eigenvalue weighted by atomic mass is 10.3. The number of nitrogens with one attached hydrogen (secondary N) is 1. The van der Waals surface area contributed by atoms with E-state index in [2.05, 4.69) is 4.74 Å². The van der Waals surface area contributed by atoms with Gasteiger partial charge in [0.1, 0.15) is 5.75 Å². The minimum atomic E-state index is -1.18. The smallest absolute Gasteiger partial charge is 0.414 e. The maximum atomic E-state index is 11.2. The molecule has 6 nitrogen and oxygen atoms in total. The molecule has 17 heavy (non-hydrogen) atoms. The highest BCUT2D eigenvalue weighted by atomic mass is 16.6. The number of hydrogen-bond donors (Lipinski definition) is 1. The Morgan fingerprint density at radius 2 is 1.82 bits per heavy atom. The summed E-state index contributed by atoms with van der Waals surface area (Å²) in [5, 5.41) is 1.73. The van der Waals surface area contributed by atoms with Crippen molar-refractivity contribution in [1.82, 2.24) is 5.32 Å². The molecular weight excluding hydrogens is 226 g/mol. The molecule has 6 heteroatoms. The van der Waals surface area contributed by atoms with Crippen LogP contribution in [0.3, 0.4) is 0 Å². The van der Waals surface area contributed by atoms with Crippen molar-refractivity contribution in [2.24, 2.45) is 0 Å². The van der Waals surface area contributed by atoms with Crippen LogP contribution in [0.15, 0.2) is 30.3 Å². The summed E-state index contributed by atoms with van der Waals surface area (Å²) in [6.45, 7) is 1.68. The molecule has 0 aliphatic heterocycles. The van der Waals surface area contributed by atoms with E-state index in [-0.39, 0.29) is 12.4 Å². The van der Waals surface area contributed by atoms with Crippen molar-refractivity contribution < 1.29 is 23.9 Å². The first-order valence-electron chi connectivity index (χ1n) is 4.88. The van der Waals surface area contributed by atoms with Crippen LogP contribution in [0.25, 0.3) is 0 Å². The Labute approximate surface area is 97.5 Å². The Hall–Kier alpha value is -2.37. The van der Waals surface area contributed by atoms with E-state index in [1.165, 1.54) is 12.1 Å². The number of hydrogen-bond acceptors (Lipinski definition) is 5. The predicted molar refractivity (Wildman–Crippen MR) is 57.2 cm³/mol. The average Bonchev–Trinajstić information content (AvgIpc) is 2.30. The van der Waals surface area contributed by atoms with Crippen molar-refractivity contribution in [3.63, 3.8) is 0 Å². The molecule has 0 aliphatic rings. The molecule has 0 spiro atoms. The molecule has 0 saturated heterocycles. The summed E-state index contributed by atoms with van der Waals surface area (Å²) in [5.41, 5.74) is 0. The molecule has 1 N–H and O–H groups in total. The second kappa shape index (κ2) is 6.26. The van der Waals surface area contributed by atoms with Gasteiger partial charge in [-0.25, -0.2) is 9.59 Å². The first-order chi connectivity index (χ1) is 8.13. The second-order valence-electron chi connectivity index (χ2n) is 2.88. The average molecular weight is 237 g/mol. The number of carbonyl (C=O) groups is 3. The minimum Gasteiger partial charge on any atom is -0.450 e. The van der Waals surface area contributed by atoms with E-state index in [1.807, 2.05) is 0 Å². The first-order valence-corrected chi connectivity index (χ1v) is 4.88. The third kappa shape index (κ3) is 4.33. The fourth-order valence-corrected chi connectivity index (χ4v) is 0.953. The van der Waals surface area contributed by atoms with E-state index in [0.717, 1.165) is 0 Å². The monoisotopic (exact) mass is 237 g/mol. The standard InChI is InChI=1S/C11H11NO5/c1-2-16-11(15)12-9(13)10(14)17-8-6-4-3-5-7-8/h3-7H,2H2,1H3,(H,12,13,15). The molecule has 1 aromatic rings. The van der Waals surface area contributed by atoms with Gasteiger partial charge in [-0.1, -0.05) is 18.2 Å². The Morgan fingerprint density at radius 3 is 2.41 bits per heavy atom. The summed E-state index contributed by atoms with van der Waals surface area (Å²) in [7, 11) is 0. The van der Waals surface area contributed by atoms with Crippen LogP contribution >= 0.6 is 0 Å². The van der Waals surface area contributed by atoms with E-state index in [9.17, 15) is 14.4 Å². The van der Waals surface area contributed by atoms with Gasteiger partial charge in [0.2, 0.25) is 0 Å². The number of imide groups is 1. The normalized spacial score (nSPS) is 9.24. The summed E-state index contributed by atoms with van der Waals surface area (Å²) in [6, 6.07) is 8.04. The van der Waals surface area contributed by atoms with E-state index < -0.39 is 18.0 Å². The maximum Gasteiger partial charge on any atom is 0.414 e.